The van der Waals surface area contributed by atoms with Gasteiger partial charge in [0.05, 0.1) is 9.79 Å². The van der Waals surface area contributed by atoms with E-state index in [0.717, 1.165) is 22.3 Å². The van der Waals surface area contributed by atoms with Gasteiger partial charge in [-0.3, -0.25) is 0 Å². The number of aryl methyl sites for hydroxylation is 6. The van der Waals surface area contributed by atoms with Crippen molar-refractivity contribution < 1.29 is 25.7 Å². The van der Waals surface area contributed by atoms with E-state index in [1.807, 2.05) is 62.4 Å². The number of rotatable bonds is 4. The Morgan fingerprint density at radius 1 is 0.476 bits per heavy atom. The molecule has 0 radical (unpaired) electrons. The first-order valence-corrected chi connectivity index (χ1v) is 16.4. The normalized spacial score (nSPS) is 12.0. The molecule has 0 spiro atoms. The molecule has 6 rings (SSSR count). The van der Waals surface area contributed by atoms with Crippen LogP contribution in [0.3, 0.4) is 0 Å². The number of hydrogen-bond acceptors (Lipinski definition) is 6. The first-order chi connectivity index (χ1) is 19.8. The molecule has 42 heavy (non-hydrogen) atoms. The monoisotopic (exact) mass is 600 g/mol. The van der Waals surface area contributed by atoms with Crippen LogP contribution in [0.4, 0.5) is 0 Å². The highest BCUT2D eigenvalue weighted by molar-refractivity contribution is 7.92. The first kappa shape index (κ1) is 29.4. The summed E-state index contributed by atoms with van der Waals surface area (Å²) in [5.41, 5.74) is 4.68. The van der Waals surface area contributed by atoms with Crippen molar-refractivity contribution in [2.24, 2.45) is 0 Å². The lowest BCUT2D eigenvalue weighted by Crippen LogP contribution is -2.04. The lowest BCUT2D eigenvalue weighted by atomic mass is 10.2. The van der Waals surface area contributed by atoms with E-state index in [4.69, 9.17) is 8.83 Å². The zero-order valence-electron chi connectivity index (χ0n) is 24.3. The average Bonchev–Trinajstić information content (AvgIpc) is 3.44. The van der Waals surface area contributed by atoms with E-state index < -0.39 is 19.7 Å². The minimum Gasteiger partial charge on any atom is -0.460 e. The maximum Gasteiger partial charge on any atom is 0.210 e. The Hall–Kier alpha value is -4.14. The number of furan rings is 2. The molecule has 4 aromatic carbocycles. The third-order valence-corrected chi connectivity index (χ3v) is 11.4. The fourth-order valence-corrected chi connectivity index (χ4v) is 8.90. The molecule has 0 N–H and O–H groups in total. The van der Waals surface area contributed by atoms with E-state index in [2.05, 4.69) is 0 Å². The number of sulfone groups is 2. The first-order valence-electron chi connectivity index (χ1n) is 13.4. The number of hydrogen-bond donors (Lipinski definition) is 0. The van der Waals surface area contributed by atoms with E-state index in [-0.39, 0.29) is 9.79 Å². The lowest BCUT2D eigenvalue weighted by molar-refractivity contribution is 0.556. The molecule has 0 unspecified atom stereocenters. The zero-order chi connectivity index (χ0) is 30.4. The molecule has 2 heterocycles. The predicted molar refractivity (Wildman–Crippen MR) is 165 cm³/mol. The quantitative estimate of drug-likeness (QED) is 0.202. The molecule has 0 saturated carbocycles. The van der Waals surface area contributed by atoms with Crippen molar-refractivity contribution in [3.8, 4) is 0 Å². The molecule has 6 nitrogen and oxygen atoms in total. The summed E-state index contributed by atoms with van der Waals surface area (Å²) in [6, 6.07) is 25.2. The molecule has 0 aliphatic heterocycles. The highest BCUT2D eigenvalue weighted by Gasteiger charge is 2.28. The van der Waals surface area contributed by atoms with Crippen molar-refractivity contribution in [3.05, 3.63) is 119 Å². The van der Waals surface area contributed by atoms with Crippen LogP contribution in [0.2, 0.25) is 0 Å². The Kier molecular flexibility index (Phi) is 7.64. The van der Waals surface area contributed by atoms with Crippen molar-refractivity contribution in [1.82, 2.24) is 0 Å². The maximum absolute atomic E-state index is 13.0. The number of benzene rings is 4. The van der Waals surface area contributed by atoms with Crippen molar-refractivity contribution in [1.29, 1.82) is 0 Å². The Labute approximate surface area is 246 Å². The highest BCUT2D eigenvalue weighted by atomic mass is 32.2. The maximum atomic E-state index is 13.0. The van der Waals surface area contributed by atoms with Crippen LogP contribution in [-0.4, -0.2) is 16.8 Å². The van der Waals surface area contributed by atoms with Crippen LogP contribution in [0, 0.1) is 41.5 Å². The third-order valence-electron chi connectivity index (χ3n) is 7.23. The van der Waals surface area contributed by atoms with Crippen molar-refractivity contribution in [2.75, 3.05) is 0 Å². The Bertz CT molecular complexity index is 2030. The van der Waals surface area contributed by atoms with E-state index in [1.165, 1.54) is 0 Å². The van der Waals surface area contributed by atoms with Crippen molar-refractivity contribution in [3.63, 3.8) is 0 Å². The van der Waals surface area contributed by atoms with Crippen LogP contribution in [0.5, 0.6) is 0 Å². The zero-order valence-corrected chi connectivity index (χ0v) is 26.0. The fourth-order valence-electron chi connectivity index (χ4n) is 5.23. The van der Waals surface area contributed by atoms with Gasteiger partial charge >= 0.3 is 0 Å². The van der Waals surface area contributed by atoms with Gasteiger partial charge in [-0.1, -0.05) is 59.7 Å². The van der Waals surface area contributed by atoms with Crippen molar-refractivity contribution >= 4 is 41.6 Å². The van der Waals surface area contributed by atoms with Gasteiger partial charge in [0, 0.05) is 10.8 Å². The summed E-state index contributed by atoms with van der Waals surface area (Å²) in [5.74, 6) is 0.859. The second-order valence-electron chi connectivity index (χ2n) is 10.5. The van der Waals surface area contributed by atoms with Gasteiger partial charge < -0.3 is 8.83 Å². The second-order valence-corrected chi connectivity index (χ2v) is 14.2. The summed E-state index contributed by atoms with van der Waals surface area (Å²) < 4.78 is 63.3. The van der Waals surface area contributed by atoms with Gasteiger partial charge in [0.2, 0.25) is 19.7 Å². The number of fused-ring (bicyclic) bond motifs is 2. The molecule has 0 fully saturated rings. The Morgan fingerprint density at radius 2 is 0.833 bits per heavy atom. The molecular weight excluding hydrogens is 569 g/mol. The van der Waals surface area contributed by atoms with Crippen LogP contribution in [0.15, 0.2) is 113 Å². The van der Waals surface area contributed by atoms with Gasteiger partial charge in [-0.15, -0.1) is 0 Å². The molecule has 8 heteroatoms. The van der Waals surface area contributed by atoms with E-state index >= 15 is 0 Å². The van der Waals surface area contributed by atoms with Gasteiger partial charge in [0.1, 0.15) is 32.5 Å². The summed E-state index contributed by atoms with van der Waals surface area (Å²) in [4.78, 5) is 1.21. The van der Waals surface area contributed by atoms with Gasteiger partial charge in [-0.05, 0) is 89.1 Å². The van der Waals surface area contributed by atoms with Gasteiger partial charge in [-0.25, -0.2) is 16.8 Å². The van der Waals surface area contributed by atoms with Crippen LogP contribution in [0.1, 0.15) is 33.8 Å². The van der Waals surface area contributed by atoms with Crippen LogP contribution < -0.4 is 0 Å². The summed E-state index contributed by atoms with van der Waals surface area (Å²) in [6.45, 7) is 10.9. The van der Waals surface area contributed by atoms with Crippen LogP contribution in [0.25, 0.3) is 21.9 Å². The minimum atomic E-state index is -3.59. The lowest BCUT2D eigenvalue weighted by Gasteiger charge is -2.07. The standard InChI is InChI=1S/2C17H16O3S/c2*1-11-8-9-15-14(10-11)17(13(3)20-15)21(18,19)16-7-5-4-6-12(16)2/h2*4-10H,1-3H3. The molecule has 0 aliphatic rings. The minimum absolute atomic E-state index is 0.274. The summed E-state index contributed by atoms with van der Waals surface area (Å²) in [6.07, 6.45) is 0. The highest BCUT2D eigenvalue weighted by Crippen LogP contribution is 2.36. The molecule has 2 aromatic heterocycles. The molecule has 0 atom stereocenters. The summed E-state index contributed by atoms with van der Waals surface area (Å²) >= 11 is 0. The largest absolute Gasteiger partial charge is 0.460 e. The molecule has 0 amide bonds. The van der Waals surface area contributed by atoms with Gasteiger partial charge in [-0.2, -0.15) is 0 Å². The van der Waals surface area contributed by atoms with E-state index in [9.17, 15) is 16.8 Å². The average molecular weight is 601 g/mol. The van der Waals surface area contributed by atoms with E-state index in [0.29, 0.717) is 43.2 Å². The van der Waals surface area contributed by atoms with Crippen LogP contribution in [-0.2, 0) is 19.7 Å². The summed E-state index contributed by atoms with van der Waals surface area (Å²) in [5, 5.41) is 1.30. The SMILES string of the molecule is Cc1ccc2oc(C)c(S(=O)(=O)c3ccccc3C)c2c1.Cc1ccc2oc(C)c(S(=O)(=O)c3ccccc3C)c2c1. The molecular formula is C34H32O6S2. The Balaban J connectivity index is 0.000000168. The van der Waals surface area contributed by atoms with Gasteiger partial charge in [0.15, 0.2) is 0 Å². The second kappa shape index (κ2) is 10.9. The molecule has 0 saturated heterocycles. The third kappa shape index (κ3) is 5.16. The van der Waals surface area contributed by atoms with Gasteiger partial charge in [0.25, 0.3) is 0 Å². The van der Waals surface area contributed by atoms with Crippen molar-refractivity contribution in [2.45, 2.75) is 61.1 Å². The van der Waals surface area contributed by atoms with E-state index in [1.54, 1.807) is 64.1 Å². The molecule has 0 aliphatic carbocycles. The molecule has 0 bridgehead atoms. The molecule has 216 valence electrons. The fraction of sp³-hybridized carbons (Fsp3) is 0.176. The topological polar surface area (TPSA) is 94.6 Å². The van der Waals surface area contributed by atoms with Crippen LogP contribution >= 0.6 is 0 Å². The Morgan fingerprint density at radius 3 is 1.19 bits per heavy atom. The predicted octanol–water partition coefficient (Wildman–Crippen LogP) is 8.38. The molecule has 6 aromatic rings. The smallest absolute Gasteiger partial charge is 0.210 e. The summed E-state index contributed by atoms with van der Waals surface area (Å²) in [7, 11) is -7.19.